The summed E-state index contributed by atoms with van der Waals surface area (Å²) < 4.78 is 7.20. The van der Waals surface area contributed by atoms with E-state index in [1.165, 1.54) is 6.33 Å². The van der Waals surface area contributed by atoms with Crippen LogP contribution in [0.3, 0.4) is 0 Å². The van der Waals surface area contributed by atoms with Gasteiger partial charge in [0.2, 0.25) is 17.6 Å². The van der Waals surface area contributed by atoms with Gasteiger partial charge in [-0.25, -0.2) is 4.98 Å². The predicted molar refractivity (Wildman–Crippen MR) is 92.7 cm³/mol. The zero-order valence-corrected chi connectivity index (χ0v) is 14.4. The minimum Gasteiger partial charge on any atom is -0.337 e. The van der Waals surface area contributed by atoms with E-state index in [-0.39, 0.29) is 11.9 Å². The van der Waals surface area contributed by atoms with Crippen LogP contribution >= 0.6 is 0 Å². The maximum Gasteiger partial charge on any atom is 0.249 e. The number of carbonyl (C=O) groups is 1. The number of aryl methyl sites for hydroxylation is 1. The van der Waals surface area contributed by atoms with Gasteiger partial charge in [-0.1, -0.05) is 35.5 Å². The molecule has 0 aliphatic carbocycles. The summed E-state index contributed by atoms with van der Waals surface area (Å²) in [6.45, 7) is 1.42. The second kappa shape index (κ2) is 7.47. The number of aromatic nitrogens is 5. The summed E-state index contributed by atoms with van der Waals surface area (Å²) in [5, 5.41) is 8.13. The Morgan fingerprint density at radius 2 is 2.15 bits per heavy atom. The molecule has 1 aromatic carbocycles. The summed E-state index contributed by atoms with van der Waals surface area (Å²) in [6, 6.07) is 9.57. The van der Waals surface area contributed by atoms with E-state index in [1.54, 1.807) is 11.0 Å². The van der Waals surface area contributed by atoms with E-state index in [0.29, 0.717) is 24.7 Å². The molecule has 0 bridgehead atoms. The molecule has 1 amide bonds. The van der Waals surface area contributed by atoms with Crippen LogP contribution in [-0.4, -0.2) is 42.3 Å². The molecule has 0 spiro atoms. The Hall–Kier alpha value is -3.03. The smallest absolute Gasteiger partial charge is 0.249 e. The minimum absolute atomic E-state index is 0.118. The number of carbonyl (C=O) groups excluding carboxylic acids is 1. The third-order valence-corrected chi connectivity index (χ3v) is 4.58. The summed E-state index contributed by atoms with van der Waals surface area (Å²) in [7, 11) is 0. The average Bonchev–Trinajstić information content (AvgIpc) is 3.42. The molecule has 0 N–H and O–H groups in total. The summed E-state index contributed by atoms with van der Waals surface area (Å²) in [4.78, 5) is 22.9. The van der Waals surface area contributed by atoms with Crippen molar-refractivity contribution in [1.82, 2.24) is 29.8 Å². The fraction of sp³-hybridized carbons (Fsp3) is 0.389. The lowest BCUT2D eigenvalue weighted by Gasteiger charge is -2.21. The van der Waals surface area contributed by atoms with Crippen molar-refractivity contribution < 1.29 is 9.32 Å². The molecule has 0 saturated carbocycles. The molecule has 2 aromatic heterocycles. The molecule has 134 valence electrons. The molecule has 8 nitrogen and oxygen atoms in total. The molecule has 26 heavy (non-hydrogen) atoms. The number of hydrogen-bond acceptors (Lipinski definition) is 6. The first-order valence-corrected chi connectivity index (χ1v) is 8.82. The maximum absolute atomic E-state index is 12.6. The molecule has 0 radical (unpaired) electrons. The highest BCUT2D eigenvalue weighted by molar-refractivity contribution is 5.76. The van der Waals surface area contributed by atoms with E-state index in [0.717, 1.165) is 31.4 Å². The lowest BCUT2D eigenvalue weighted by atomic mass is 10.2. The van der Waals surface area contributed by atoms with Crippen LogP contribution in [0.4, 0.5) is 0 Å². The van der Waals surface area contributed by atoms with Crippen molar-refractivity contribution >= 4 is 5.91 Å². The molecule has 1 aliphatic heterocycles. The first-order valence-electron chi connectivity index (χ1n) is 8.82. The largest absolute Gasteiger partial charge is 0.337 e. The zero-order chi connectivity index (χ0) is 17.8. The lowest BCUT2D eigenvalue weighted by Crippen LogP contribution is -2.30. The van der Waals surface area contributed by atoms with Crippen molar-refractivity contribution in [2.24, 2.45) is 0 Å². The molecular weight excluding hydrogens is 332 g/mol. The third kappa shape index (κ3) is 3.49. The molecule has 1 atom stereocenters. The van der Waals surface area contributed by atoms with Gasteiger partial charge in [0.1, 0.15) is 18.7 Å². The van der Waals surface area contributed by atoms with E-state index in [1.807, 2.05) is 35.2 Å². The topological polar surface area (TPSA) is 89.9 Å². The SMILES string of the molecule is O=C(CCCn1cncn1)N1CCC[C@H]1c1nc(-c2ccccc2)no1. The highest BCUT2D eigenvalue weighted by Gasteiger charge is 2.33. The Morgan fingerprint density at radius 1 is 1.27 bits per heavy atom. The highest BCUT2D eigenvalue weighted by atomic mass is 16.5. The Labute approximate surface area is 150 Å². The van der Waals surface area contributed by atoms with Gasteiger partial charge in [-0.2, -0.15) is 10.1 Å². The fourth-order valence-corrected chi connectivity index (χ4v) is 3.28. The number of amides is 1. The summed E-state index contributed by atoms with van der Waals surface area (Å²) in [5.74, 6) is 1.20. The zero-order valence-electron chi connectivity index (χ0n) is 14.4. The van der Waals surface area contributed by atoms with Crippen LogP contribution in [0.2, 0.25) is 0 Å². The Kier molecular flexibility index (Phi) is 4.72. The van der Waals surface area contributed by atoms with Crippen LogP contribution in [-0.2, 0) is 11.3 Å². The predicted octanol–water partition coefficient (Wildman–Crippen LogP) is 2.47. The number of likely N-dealkylation sites (tertiary alicyclic amines) is 1. The summed E-state index contributed by atoms with van der Waals surface area (Å²) >= 11 is 0. The van der Waals surface area contributed by atoms with Crippen molar-refractivity contribution in [3.63, 3.8) is 0 Å². The van der Waals surface area contributed by atoms with Gasteiger partial charge in [-0.3, -0.25) is 9.48 Å². The van der Waals surface area contributed by atoms with E-state index >= 15 is 0 Å². The summed E-state index contributed by atoms with van der Waals surface area (Å²) in [6.07, 6.45) is 6.15. The Bertz CT molecular complexity index is 846. The van der Waals surface area contributed by atoms with Crippen LogP contribution < -0.4 is 0 Å². The Morgan fingerprint density at radius 3 is 2.96 bits per heavy atom. The van der Waals surface area contributed by atoms with Crippen LogP contribution in [0.25, 0.3) is 11.4 Å². The van der Waals surface area contributed by atoms with Crippen molar-refractivity contribution in [3.8, 4) is 11.4 Å². The van der Waals surface area contributed by atoms with Crippen LogP contribution in [0.5, 0.6) is 0 Å². The quantitative estimate of drug-likeness (QED) is 0.677. The van der Waals surface area contributed by atoms with Crippen LogP contribution in [0.1, 0.15) is 37.6 Å². The molecule has 1 aliphatic rings. The van der Waals surface area contributed by atoms with Gasteiger partial charge in [-0.05, 0) is 19.3 Å². The monoisotopic (exact) mass is 352 g/mol. The van der Waals surface area contributed by atoms with Gasteiger partial charge in [0.25, 0.3) is 0 Å². The first kappa shape index (κ1) is 16.4. The van der Waals surface area contributed by atoms with Gasteiger partial charge in [-0.15, -0.1) is 0 Å². The van der Waals surface area contributed by atoms with Gasteiger partial charge in [0.15, 0.2) is 0 Å². The standard InChI is InChI=1S/C18H20N6O2/c25-16(9-5-10-23-13-19-12-20-23)24-11-4-8-15(24)18-21-17(22-26-18)14-6-2-1-3-7-14/h1-3,6-7,12-13,15H,4-5,8-11H2/t15-/m0/s1. The van der Waals surface area contributed by atoms with E-state index < -0.39 is 0 Å². The van der Waals surface area contributed by atoms with Gasteiger partial charge >= 0.3 is 0 Å². The molecule has 8 heteroatoms. The average molecular weight is 352 g/mol. The molecule has 4 rings (SSSR count). The van der Waals surface area contributed by atoms with Crippen molar-refractivity contribution in [2.75, 3.05) is 6.54 Å². The second-order valence-electron chi connectivity index (χ2n) is 6.33. The number of nitrogens with zero attached hydrogens (tertiary/aromatic N) is 6. The third-order valence-electron chi connectivity index (χ3n) is 4.58. The molecule has 1 saturated heterocycles. The van der Waals surface area contributed by atoms with Gasteiger partial charge < -0.3 is 9.42 Å². The molecule has 3 heterocycles. The number of hydrogen-bond donors (Lipinski definition) is 0. The highest BCUT2D eigenvalue weighted by Crippen LogP contribution is 2.32. The molecular formula is C18H20N6O2. The van der Waals surface area contributed by atoms with E-state index in [2.05, 4.69) is 20.2 Å². The summed E-state index contributed by atoms with van der Waals surface area (Å²) in [5.41, 5.74) is 0.909. The second-order valence-corrected chi connectivity index (χ2v) is 6.33. The van der Waals surface area contributed by atoms with Gasteiger partial charge in [0, 0.05) is 25.1 Å². The minimum atomic E-state index is -0.126. The fourth-order valence-electron chi connectivity index (χ4n) is 3.28. The first-order chi connectivity index (χ1) is 12.8. The van der Waals surface area contributed by atoms with Crippen LogP contribution in [0.15, 0.2) is 47.5 Å². The van der Waals surface area contributed by atoms with Gasteiger partial charge in [0.05, 0.1) is 0 Å². The van der Waals surface area contributed by atoms with E-state index in [4.69, 9.17) is 4.52 Å². The number of rotatable bonds is 6. The van der Waals surface area contributed by atoms with E-state index in [9.17, 15) is 4.79 Å². The molecule has 1 fully saturated rings. The molecule has 3 aromatic rings. The lowest BCUT2D eigenvalue weighted by molar-refractivity contribution is -0.132. The normalized spacial score (nSPS) is 16.9. The van der Waals surface area contributed by atoms with Crippen LogP contribution in [0, 0.1) is 0 Å². The molecule has 0 unspecified atom stereocenters. The number of benzene rings is 1. The van der Waals surface area contributed by atoms with Crippen molar-refractivity contribution in [3.05, 3.63) is 48.9 Å². The Balaban J connectivity index is 1.40. The maximum atomic E-state index is 12.6. The van der Waals surface area contributed by atoms with Crippen molar-refractivity contribution in [1.29, 1.82) is 0 Å². The van der Waals surface area contributed by atoms with Crippen molar-refractivity contribution in [2.45, 2.75) is 38.3 Å².